The van der Waals surface area contributed by atoms with Crippen molar-refractivity contribution in [1.29, 1.82) is 0 Å². The van der Waals surface area contributed by atoms with Crippen molar-refractivity contribution in [2.45, 2.75) is 26.2 Å². The molecule has 3 rings (SSSR count). The van der Waals surface area contributed by atoms with E-state index in [4.69, 9.17) is 15.2 Å². The smallest absolute Gasteiger partial charge is 0.323 e. The summed E-state index contributed by atoms with van der Waals surface area (Å²) in [4.78, 5) is 24.0. The highest BCUT2D eigenvalue weighted by molar-refractivity contribution is 6.00. The number of benzene rings is 1. The maximum atomic E-state index is 12.5. The SMILES string of the molecule is C=C1NC(=O)NC(C(=O)NCC2CCc3c(c(OC)cc(C)c3OC)C2)=C1N. The number of ether oxygens (including phenoxy) is 2. The molecule has 2 aliphatic rings. The quantitative estimate of drug-likeness (QED) is 0.608. The second-order valence-electron chi connectivity index (χ2n) is 7.05. The van der Waals surface area contributed by atoms with Crippen molar-refractivity contribution in [3.63, 3.8) is 0 Å². The zero-order valence-electron chi connectivity index (χ0n) is 16.4. The zero-order valence-corrected chi connectivity index (χ0v) is 16.4. The van der Waals surface area contributed by atoms with E-state index in [1.807, 2.05) is 13.0 Å². The van der Waals surface area contributed by atoms with Gasteiger partial charge in [-0.05, 0) is 43.7 Å². The predicted octanol–water partition coefficient (Wildman–Crippen LogP) is 1.23. The van der Waals surface area contributed by atoms with E-state index in [-0.39, 0.29) is 23.0 Å². The van der Waals surface area contributed by atoms with Crippen molar-refractivity contribution in [1.82, 2.24) is 16.0 Å². The van der Waals surface area contributed by atoms with Gasteiger partial charge in [-0.1, -0.05) is 6.58 Å². The number of hydrogen-bond donors (Lipinski definition) is 4. The molecule has 5 N–H and O–H groups in total. The number of nitrogens with two attached hydrogens (primary N) is 1. The largest absolute Gasteiger partial charge is 0.496 e. The minimum atomic E-state index is -0.525. The van der Waals surface area contributed by atoms with E-state index >= 15 is 0 Å². The Labute approximate surface area is 164 Å². The van der Waals surface area contributed by atoms with E-state index in [0.717, 1.165) is 41.9 Å². The maximum Gasteiger partial charge on any atom is 0.323 e. The van der Waals surface area contributed by atoms with E-state index in [1.54, 1.807) is 14.2 Å². The Balaban J connectivity index is 1.72. The third-order valence-electron chi connectivity index (χ3n) is 5.24. The van der Waals surface area contributed by atoms with E-state index in [9.17, 15) is 9.59 Å². The highest BCUT2D eigenvalue weighted by atomic mass is 16.5. The van der Waals surface area contributed by atoms with Crippen LogP contribution < -0.4 is 31.2 Å². The summed E-state index contributed by atoms with van der Waals surface area (Å²) in [5.41, 5.74) is 9.58. The van der Waals surface area contributed by atoms with Crippen LogP contribution in [0.3, 0.4) is 0 Å². The molecule has 1 heterocycles. The summed E-state index contributed by atoms with van der Waals surface area (Å²) >= 11 is 0. The van der Waals surface area contributed by atoms with Crippen molar-refractivity contribution < 1.29 is 19.1 Å². The van der Waals surface area contributed by atoms with Crippen LogP contribution in [0.2, 0.25) is 0 Å². The summed E-state index contributed by atoms with van der Waals surface area (Å²) in [5, 5.41) is 7.73. The lowest BCUT2D eigenvalue weighted by atomic mass is 9.82. The molecule has 28 heavy (non-hydrogen) atoms. The molecule has 1 aromatic rings. The number of rotatable bonds is 5. The van der Waals surface area contributed by atoms with Crippen LogP contribution in [0.15, 0.2) is 29.7 Å². The van der Waals surface area contributed by atoms with Crippen molar-refractivity contribution in [2.75, 3.05) is 20.8 Å². The molecule has 8 nitrogen and oxygen atoms in total. The van der Waals surface area contributed by atoms with Gasteiger partial charge in [-0.2, -0.15) is 0 Å². The molecule has 0 radical (unpaired) electrons. The first-order valence-corrected chi connectivity index (χ1v) is 9.14. The van der Waals surface area contributed by atoms with Crippen LogP contribution in [0.1, 0.15) is 23.1 Å². The lowest BCUT2D eigenvalue weighted by molar-refractivity contribution is -0.118. The molecule has 0 saturated carbocycles. The molecular formula is C20H26N4O4. The minimum Gasteiger partial charge on any atom is -0.496 e. The van der Waals surface area contributed by atoms with Crippen LogP contribution in [0.4, 0.5) is 4.79 Å². The number of amides is 3. The van der Waals surface area contributed by atoms with Gasteiger partial charge in [0.1, 0.15) is 17.2 Å². The number of carbonyl (C=O) groups excluding carboxylic acids is 2. The second-order valence-corrected chi connectivity index (χ2v) is 7.05. The van der Waals surface area contributed by atoms with Gasteiger partial charge < -0.3 is 31.2 Å². The van der Waals surface area contributed by atoms with Crippen LogP contribution in [-0.4, -0.2) is 32.7 Å². The van der Waals surface area contributed by atoms with Gasteiger partial charge >= 0.3 is 6.03 Å². The fourth-order valence-electron chi connectivity index (χ4n) is 3.81. The van der Waals surface area contributed by atoms with Crippen molar-refractivity contribution in [2.24, 2.45) is 11.7 Å². The Hall–Kier alpha value is -3.16. The molecule has 1 atom stereocenters. The predicted molar refractivity (Wildman–Crippen MR) is 105 cm³/mol. The summed E-state index contributed by atoms with van der Waals surface area (Å²) in [7, 11) is 3.34. The Kier molecular flexibility index (Phi) is 5.48. The second kappa shape index (κ2) is 7.84. The summed E-state index contributed by atoms with van der Waals surface area (Å²) in [5.74, 6) is 1.57. The van der Waals surface area contributed by atoms with Gasteiger partial charge in [0, 0.05) is 17.7 Å². The molecular weight excluding hydrogens is 360 g/mol. The molecule has 0 bridgehead atoms. The molecule has 3 amide bonds. The molecule has 0 spiro atoms. The topological polar surface area (TPSA) is 115 Å². The fraction of sp³-hybridized carbons (Fsp3) is 0.400. The first-order chi connectivity index (χ1) is 13.3. The Morgan fingerprint density at radius 1 is 1.32 bits per heavy atom. The average Bonchev–Trinajstić information content (AvgIpc) is 2.68. The standard InChI is InChI=1S/C20H26N4O4/c1-10-7-15(27-3)14-8-12(5-6-13(14)18(10)28-4)9-22-19(25)17-16(21)11(2)23-20(26)24-17/h7,12H,2,5-6,8-9,21H2,1,3-4H3,(H,22,25)(H2,23,24,26). The molecule has 0 saturated heterocycles. The molecule has 1 unspecified atom stereocenters. The van der Waals surface area contributed by atoms with Crippen molar-refractivity contribution in [3.8, 4) is 11.5 Å². The highest BCUT2D eigenvalue weighted by Gasteiger charge is 2.28. The van der Waals surface area contributed by atoms with Crippen LogP contribution >= 0.6 is 0 Å². The molecule has 150 valence electrons. The number of nitrogens with one attached hydrogen (secondary N) is 3. The summed E-state index contributed by atoms with van der Waals surface area (Å²) in [6.45, 7) is 6.10. The van der Waals surface area contributed by atoms with Gasteiger partial charge in [0.2, 0.25) is 0 Å². The third kappa shape index (κ3) is 3.62. The van der Waals surface area contributed by atoms with Gasteiger partial charge in [-0.25, -0.2) is 4.79 Å². The van der Waals surface area contributed by atoms with Gasteiger partial charge in [-0.3, -0.25) is 4.79 Å². The zero-order chi connectivity index (χ0) is 20.4. The van der Waals surface area contributed by atoms with E-state index in [1.165, 1.54) is 5.56 Å². The number of hydrogen-bond acceptors (Lipinski definition) is 5. The minimum absolute atomic E-state index is 0.0276. The molecule has 1 aromatic carbocycles. The van der Waals surface area contributed by atoms with Crippen LogP contribution in [0.5, 0.6) is 11.5 Å². The fourth-order valence-corrected chi connectivity index (χ4v) is 3.81. The van der Waals surface area contributed by atoms with Gasteiger partial charge in [0.05, 0.1) is 25.6 Å². The third-order valence-corrected chi connectivity index (χ3v) is 5.24. The number of fused-ring (bicyclic) bond motifs is 1. The monoisotopic (exact) mass is 386 g/mol. The molecule has 0 fully saturated rings. The molecule has 8 heteroatoms. The number of methoxy groups -OCH3 is 2. The Morgan fingerprint density at radius 2 is 2.07 bits per heavy atom. The van der Waals surface area contributed by atoms with E-state index in [2.05, 4.69) is 22.5 Å². The Bertz CT molecular complexity index is 875. The average molecular weight is 386 g/mol. The lowest BCUT2D eigenvalue weighted by Gasteiger charge is -2.29. The number of urea groups is 1. The Morgan fingerprint density at radius 3 is 2.75 bits per heavy atom. The maximum absolute atomic E-state index is 12.5. The van der Waals surface area contributed by atoms with Crippen LogP contribution in [-0.2, 0) is 17.6 Å². The van der Waals surface area contributed by atoms with E-state index < -0.39 is 11.9 Å². The first kappa shape index (κ1) is 19.6. The lowest BCUT2D eigenvalue weighted by Crippen LogP contribution is -2.47. The summed E-state index contributed by atoms with van der Waals surface area (Å²) in [6.07, 6.45) is 2.52. The van der Waals surface area contributed by atoms with Gasteiger partial charge in [0.25, 0.3) is 5.91 Å². The van der Waals surface area contributed by atoms with Crippen molar-refractivity contribution in [3.05, 3.63) is 46.4 Å². The molecule has 1 aliphatic carbocycles. The van der Waals surface area contributed by atoms with Crippen LogP contribution in [0, 0.1) is 12.8 Å². The van der Waals surface area contributed by atoms with Crippen molar-refractivity contribution >= 4 is 11.9 Å². The summed E-state index contributed by atoms with van der Waals surface area (Å²) in [6, 6.07) is 1.46. The highest BCUT2D eigenvalue weighted by Crippen LogP contribution is 2.40. The van der Waals surface area contributed by atoms with Crippen LogP contribution in [0.25, 0.3) is 0 Å². The van der Waals surface area contributed by atoms with Gasteiger partial charge in [-0.15, -0.1) is 0 Å². The number of carbonyl (C=O) groups is 2. The first-order valence-electron chi connectivity index (χ1n) is 9.14. The van der Waals surface area contributed by atoms with E-state index in [0.29, 0.717) is 6.54 Å². The summed E-state index contributed by atoms with van der Waals surface area (Å²) < 4.78 is 11.2. The molecule has 0 aromatic heterocycles. The van der Waals surface area contributed by atoms with Gasteiger partial charge in [0.15, 0.2) is 0 Å². The normalized spacial score (nSPS) is 18.8. The number of aryl methyl sites for hydroxylation is 1. The molecule has 1 aliphatic heterocycles.